The minimum absolute atomic E-state index is 0.00130. The number of nitrogens with zero attached hydrogens (tertiary/aromatic N) is 2. The molecule has 5 nitrogen and oxygen atoms in total. The first-order chi connectivity index (χ1) is 6.88. The zero-order chi connectivity index (χ0) is 11.5. The van der Waals surface area contributed by atoms with Gasteiger partial charge in [-0.3, -0.25) is 0 Å². The van der Waals surface area contributed by atoms with Gasteiger partial charge in [0, 0.05) is 12.6 Å². The van der Waals surface area contributed by atoms with E-state index in [1.807, 2.05) is 0 Å². The second-order valence-corrected chi connectivity index (χ2v) is 4.51. The lowest BCUT2D eigenvalue weighted by molar-refractivity contribution is 0.0690. The molecule has 15 heavy (non-hydrogen) atoms. The number of anilines is 1. The highest BCUT2D eigenvalue weighted by atomic mass is 16.4. The fraction of sp³-hybridized carbons (Fsp3) is 0.500. The average Bonchev–Trinajstić information content (AvgIpc) is 2.14. The van der Waals surface area contributed by atoms with Crippen LogP contribution < -0.4 is 5.32 Å². The molecule has 0 aliphatic heterocycles. The van der Waals surface area contributed by atoms with Gasteiger partial charge in [0.1, 0.15) is 12.1 Å². The van der Waals surface area contributed by atoms with Gasteiger partial charge in [-0.25, -0.2) is 14.8 Å². The van der Waals surface area contributed by atoms with E-state index in [9.17, 15) is 4.79 Å². The first-order valence-corrected chi connectivity index (χ1v) is 4.68. The van der Waals surface area contributed by atoms with Crippen molar-refractivity contribution in [3.8, 4) is 0 Å². The maximum atomic E-state index is 10.6. The van der Waals surface area contributed by atoms with Gasteiger partial charge in [-0.2, -0.15) is 0 Å². The summed E-state index contributed by atoms with van der Waals surface area (Å²) in [6.45, 7) is 6.97. The predicted octanol–water partition coefficient (Wildman–Crippen LogP) is 1.63. The van der Waals surface area contributed by atoms with E-state index in [1.165, 1.54) is 12.4 Å². The molecule has 0 saturated heterocycles. The van der Waals surface area contributed by atoms with E-state index in [0.29, 0.717) is 5.82 Å². The van der Waals surface area contributed by atoms with Crippen molar-refractivity contribution in [1.82, 2.24) is 9.97 Å². The number of hydrogen-bond donors (Lipinski definition) is 2. The lowest BCUT2D eigenvalue weighted by Crippen LogP contribution is -2.19. The molecule has 5 heteroatoms. The van der Waals surface area contributed by atoms with E-state index in [1.54, 1.807) is 0 Å². The number of carboxylic acids is 1. The van der Waals surface area contributed by atoms with Crippen molar-refractivity contribution in [3.05, 3.63) is 18.1 Å². The summed E-state index contributed by atoms with van der Waals surface area (Å²) in [6, 6.07) is 1.42. The molecule has 0 aromatic carbocycles. The van der Waals surface area contributed by atoms with Crippen molar-refractivity contribution in [2.45, 2.75) is 20.8 Å². The van der Waals surface area contributed by atoms with Crippen LogP contribution in [0.1, 0.15) is 31.3 Å². The monoisotopic (exact) mass is 209 g/mol. The quantitative estimate of drug-likeness (QED) is 0.791. The van der Waals surface area contributed by atoms with Crippen LogP contribution in [0.25, 0.3) is 0 Å². The number of aromatic carboxylic acids is 1. The van der Waals surface area contributed by atoms with Gasteiger partial charge in [0.2, 0.25) is 0 Å². The van der Waals surface area contributed by atoms with Gasteiger partial charge in [0.25, 0.3) is 0 Å². The molecule has 0 bridgehead atoms. The zero-order valence-corrected chi connectivity index (χ0v) is 9.11. The van der Waals surface area contributed by atoms with Crippen LogP contribution in [0, 0.1) is 5.41 Å². The summed E-state index contributed by atoms with van der Waals surface area (Å²) >= 11 is 0. The molecule has 0 radical (unpaired) electrons. The summed E-state index contributed by atoms with van der Waals surface area (Å²) in [7, 11) is 0. The molecule has 1 aromatic heterocycles. The highest BCUT2D eigenvalue weighted by Gasteiger charge is 2.11. The van der Waals surface area contributed by atoms with Crippen molar-refractivity contribution in [2.75, 3.05) is 11.9 Å². The molecule has 0 unspecified atom stereocenters. The van der Waals surface area contributed by atoms with Gasteiger partial charge in [-0.15, -0.1) is 0 Å². The summed E-state index contributed by atoms with van der Waals surface area (Å²) in [5, 5.41) is 11.8. The van der Waals surface area contributed by atoms with Crippen molar-refractivity contribution in [3.63, 3.8) is 0 Å². The van der Waals surface area contributed by atoms with Gasteiger partial charge in [0.05, 0.1) is 0 Å². The molecule has 0 saturated carbocycles. The van der Waals surface area contributed by atoms with E-state index < -0.39 is 5.97 Å². The molecule has 82 valence electrons. The fourth-order valence-electron chi connectivity index (χ4n) is 0.927. The normalized spacial score (nSPS) is 11.1. The van der Waals surface area contributed by atoms with Crippen LogP contribution in [0.3, 0.4) is 0 Å². The van der Waals surface area contributed by atoms with E-state index in [2.05, 4.69) is 36.1 Å². The first kappa shape index (κ1) is 11.4. The Labute approximate surface area is 88.6 Å². The standard InChI is InChI=1S/C10H15N3O2/c1-10(2,3)5-11-8-4-7(9(14)15)12-6-13-8/h4,6H,5H2,1-3H3,(H,14,15)(H,11,12,13). The Balaban J connectivity index is 2.70. The van der Waals surface area contributed by atoms with Gasteiger partial charge < -0.3 is 10.4 Å². The molecule has 0 aliphatic carbocycles. The Bertz CT molecular complexity index is 358. The summed E-state index contributed by atoms with van der Waals surface area (Å²) < 4.78 is 0. The van der Waals surface area contributed by atoms with Gasteiger partial charge in [-0.05, 0) is 5.41 Å². The third-order valence-electron chi connectivity index (χ3n) is 1.69. The largest absolute Gasteiger partial charge is 0.477 e. The molecule has 1 rings (SSSR count). The molecule has 1 aromatic rings. The second kappa shape index (κ2) is 4.25. The minimum atomic E-state index is -1.05. The molecule has 0 spiro atoms. The summed E-state index contributed by atoms with van der Waals surface area (Å²) in [5.74, 6) is -0.506. The third kappa shape index (κ3) is 3.93. The Hall–Kier alpha value is -1.65. The van der Waals surface area contributed by atoms with E-state index in [-0.39, 0.29) is 11.1 Å². The molecular weight excluding hydrogens is 194 g/mol. The van der Waals surface area contributed by atoms with Gasteiger partial charge in [0.15, 0.2) is 5.69 Å². The van der Waals surface area contributed by atoms with Crippen molar-refractivity contribution in [2.24, 2.45) is 5.41 Å². The number of carbonyl (C=O) groups is 1. The Morgan fingerprint density at radius 2 is 2.13 bits per heavy atom. The SMILES string of the molecule is CC(C)(C)CNc1cc(C(=O)O)ncn1. The molecule has 0 atom stereocenters. The predicted molar refractivity (Wildman–Crippen MR) is 56.9 cm³/mol. The smallest absolute Gasteiger partial charge is 0.354 e. The van der Waals surface area contributed by atoms with E-state index in [4.69, 9.17) is 5.11 Å². The molecule has 2 N–H and O–H groups in total. The highest BCUT2D eigenvalue weighted by Crippen LogP contribution is 2.14. The van der Waals surface area contributed by atoms with Gasteiger partial charge in [-0.1, -0.05) is 20.8 Å². The number of nitrogens with one attached hydrogen (secondary N) is 1. The zero-order valence-electron chi connectivity index (χ0n) is 9.11. The molecule has 0 amide bonds. The minimum Gasteiger partial charge on any atom is -0.477 e. The number of rotatable bonds is 3. The van der Waals surface area contributed by atoms with Crippen LogP contribution in [0.5, 0.6) is 0 Å². The summed E-state index contributed by atoms with van der Waals surface area (Å²) in [6.07, 6.45) is 1.24. The lowest BCUT2D eigenvalue weighted by atomic mass is 9.97. The van der Waals surface area contributed by atoms with Gasteiger partial charge >= 0.3 is 5.97 Å². The third-order valence-corrected chi connectivity index (χ3v) is 1.69. The van der Waals surface area contributed by atoms with E-state index >= 15 is 0 Å². The number of aromatic nitrogens is 2. The molecule has 0 fully saturated rings. The molecular formula is C10H15N3O2. The maximum Gasteiger partial charge on any atom is 0.354 e. The van der Waals surface area contributed by atoms with Crippen molar-refractivity contribution in [1.29, 1.82) is 0 Å². The molecule has 0 aliphatic rings. The van der Waals surface area contributed by atoms with Crippen LogP contribution in [0.4, 0.5) is 5.82 Å². The topological polar surface area (TPSA) is 75.1 Å². The van der Waals surface area contributed by atoms with E-state index in [0.717, 1.165) is 6.54 Å². The van der Waals surface area contributed by atoms with Crippen LogP contribution in [0.15, 0.2) is 12.4 Å². The maximum absolute atomic E-state index is 10.6. The van der Waals surface area contributed by atoms with Crippen molar-refractivity contribution >= 4 is 11.8 Å². The molecule has 1 heterocycles. The fourth-order valence-corrected chi connectivity index (χ4v) is 0.927. The van der Waals surface area contributed by atoms with Crippen LogP contribution >= 0.6 is 0 Å². The Morgan fingerprint density at radius 3 is 2.67 bits per heavy atom. The second-order valence-electron chi connectivity index (χ2n) is 4.51. The van der Waals surface area contributed by atoms with Crippen LogP contribution in [-0.4, -0.2) is 27.6 Å². The number of hydrogen-bond acceptors (Lipinski definition) is 4. The summed E-state index contributed by atoms with van der Waals surface area (Å²) in [4.78, 5) is 18.2. The van der Waals surface area contributed by atoms with Crippen LogP contribution in [0.2, 0.25) is 0 Å². The van der Waals surface area contributed by atoms with Crippen LogP contribution in [-0.2, 0) is 0 Å². The number of carboxylic acid groups (broad SMARTS) is 1. The Morgan fingerprint density at radius 1 is 1.47 bits per heavy atom. The average molecular weight is 209 g/mol. The summed E-state index contributed by atoms with van der Waals surface area (Å²) in [5.41, 5.74) is 0.121. The first-order valence-electron chi connectivity index (χ1n) is 4.68. The lowest BCUT2D eigenvalue weighted by Gasteiger charge is -2.18. The highest BCUT2D eigenvalue weighted by molar-refractivity contribution is 5.85. The Kier molecular flexibility index (Phi) is 3.24. The van der Waals surface area contributed by atoms with Crippen molar-refractivity contribution < 1.29 is 9.90 Å².